The highest BCUT2D eigenvalue weighted by atomic mass is 16.5. The molecule has 0 spiro atoms. The Balaban J connectivity index is 2.01. The zero-order valence-corrected chi connectivity index (χ0v) is 11.3. The molecule has 1 N–H and O–H groups in total. The van der Waals surface area contributed by atoms with Crippen LogP contribution >= 0.6 is 0 Å². The molecule has 0 aromatic carbocycles. The second-order valence-electron chi connectivity index (χ2n) is 5.56. The van der Waals surface area contributed by atoms with Gasteiger partial charge < -0.3 is 10.1 Å². The molecule has 1 rings (SSSR count). The lowest BCUT2D eigenvalue weighted by atomic mass is 9.81. The van der Waals surface area contributed by atoms with Gasteiger partial charge in [-0.3, -0.25) is 0 Å². The van der Waals surface area contributed by atoms with Crippen LogP contribution in [0.15, 0.2) is 0 Å². The summed E-state index contributed by atoms with van der Waals surface area (Å²) in [5.74, 6) is 1.94. The summed E-state index contributed by atoms with van der Waals surface area (Å²) in [6, 6.07) is 0.598. The number of methoxy groups -OCH3 is 1. The molecule has 0 heterocycles. The van der Waals surface area contributed by atoms with E-state index in [1.54, 1.807) is 7.11 Å². The highest BCUT2D eigenvalue weighted by Gasteiger charge is 2.18. The summed E-state index contributed by atoms with van der Waals surface area (Å²) < 4.78 is 5.08. The molecule has 2 nitrogen and oxygen atoms in total. The van der Waals surface area contributed by atoms with Gasteiger partial charge in [-0.25, -0.2) is 0 Å². The third-order valence-electron chi connectivity index (χ3n) is 3.85. The SMILES string of the molecule is COCCC(C)NCCC1CCCC(C)C1. The Morgan fingerprint density at radius 2 is 2.19 bits per heavy atom. The second-order valence-corrected chi connectivity index (χ2v) is 5.56. The van der Waals surface area contributed by atoms with Crippen molar-refractivity contribution in [2.24, 2.45) is 11.8 Å². The minimum atomic E-state index is 0.598. The molecular formula is C14H29NO. The Kier molecular flexibility index (Phi) is 7.06. The van der Waals surface area contributed by atoms with Gasteiger partial charge in [0.05, 0.1) is 0 Å². The summed E-state index contributed by atoms with van der Waals surface area (Å²) in [7, 11) is 1.77. The van der Waals surface area contributed by atoms with Gasteiger partial charge in [-0.05, 0) is 44.6 Å². The molecule has 0 saturated heterocycles. The van der Waals surface area contributed by atoms with Crippen LogP contribution < -0.4 is 5.32 Å². The number of hydrogen-bond acceptors (Lipinski definition) is 2. The standard InChI is InChI=1S/C14H29NO/c1-12-5-4-6-14(11-12)7-9-15-13(2)8-10-16-3/h12-15H,4-11H2,1-3H3. The van der Waals surface area contributed by atoms with E-state index in [-0.39, 0.29) is 0 Å². The van der Waals surface area contributed by atoms with Crippen molar-refractivity contribution in [3.8, 4) is 0 Å². The predicted molar refractivity (Wildman–Crippen MR) is 69.7 cm³/mol. The van der Waals surface area contributed by atoms with Gasteiger partial charge in [0.25, 0.3) is 0 Å². The van der Waals surface area contributed by atoms with E-state index in [1.165, 1.54) is 38.6 Å². The van der Waals surface area contributed by atoms with Gasteiger partial charge in [0.2, 0.25) is 0 Å². The molecule has 1 fully saturated rings. The molecule has 0 aromatic rings. The zero-order valence-electron chi connectivity index (χ0n) is 11.3. The highest BCUT2D eigenvalue weighted by molar-refractivity contribution is 4.72. The Morgan fingerprint density at radius 3 is 2.88 bits per heavy atom. The van der Waals surface area contributed by atoms with Crippen molar-refractivity contribution in [1.82, 2.24) is 5.32 Å². The fraction of sp³-hybridized carbons (Fsp3) is 1.00. The molecule has 1 aliphatic carbocycles. The first-order chi connectivity index (χ1) is 7.72. The van der Waals surface area contributed by atoms with Crippen molar-refractivity contribution >= 4 is 0 Å². The molecule has 0 bridgehead atoms. The summed E-state index contributed by atoms with van der Waals surface area (Å²) in [5, 5.41) is 3.60. The number of nitrogens with one attached hydrogen (secondary N) is 1. The van der Waals surface area contributed by atoms with Gasteiger partial charge >= 0.3 is 0 Å². The van der Waals surface area contributed by atoms with E-state index in [0.29, 0.717) is 6.04 Å². The van der Waals surface area contributed by atoms with Crippen LogP contribution in [0.1, 0.15) is 52.4 Å². The van der Waals surface area contributed by atoms with E-state index in [9.17, 15) is 0 Å². The normalized spacial score (nSPS) is 27.9. The van der Waals surface area contributed by atoms with Crippen molar-refractivity contribution in [3.05, 3.63) is 0 Å². The van der Waals surface area contributed by atoms with Crippen LogP contribution in [0.5, 0.6) is 0 Å². The molecule has 3 unspecified atom stereocenters. The Morgan fingerprint density at radius 1 is 1.38 bits per heavy atom. The first-order valence-electron chi connectivity index (χ1n) is 6.94. The molecule has 1 saturated carbocycles. The Labute approximate surface area is 101 Å². The third-order valence-corrected chi connectivity index (χ3v) is 3.85. The van der Waals surface area contributed by atoms with Crippen LogP contribution in [0.4, 0.5) is 0 Å². The lowest BCUT2D eigenvalue weighted by Crippen LogP contribution is -2.30. The zero-order chi connectivity index (χ0) is 11.8. The average molecular weight is 227 g/mol. The van der Waals surface area contributed by atoms with Crippen molar-refractivity contribution < 1.29 is 4.74 Å². The average Bonchev–Trinajstić information content (AvgIpc) is 2.26. The smallest absolute Gasteiger partial charge is 0.0476 e. The van der Waals surface area contributed by atoms with Gasteiger partial charge in [0.1, 0.15) is 0 Å². The monoisotopic (exact) mass is 227 g/mol. The van der Waals surface area contributed by atoms with Crippen LogP contribution in [0.2, 0.25) is 0 Å². The largest absolute Gasteiger partial charge is 0.385 e. The first kappa shape index (κ1) is 14.0. The molecule has 0 radical (unpaired) electrons. The number of rotatable bonds is 7. The van der Waals surface area contributed by atoms with E-state index >= 15 is 0 Å². The van der Waals surface area contributed by atoms with E-state index < -0.39 is 0 Å². The van der Waals surface area contributed by atoms with E-state index in [1.807, 2.05) is 0 Å². The van der Waals surface area contributed by atoms with Crippen LogP contribution in [0, 0.1) is 11.8 Å². The fourth-order valence-corrected chi connectivity index (χ4v) is 2.75. The Hall–Kier alpha value is -0.0800. The quantitative estimate of drug-likeness (QED) is 0.721. The molecule has 2 heteroatoms. The summed E-state index contributed by atoms with van der Waals surface area (Å²) >= 11 is 0. The van der Waals surface area contributed by atoms with Gasteiger partial charge in [-0.2, -0.15) is 0 Å². The van der Waals surface area contributed by atoms with Crippen LogP contribution in [0.25, 0.3) is 0 Å². The maximum absolute atomic E-state index is 5.08. The molecular weight excluding hydrogens is 198 g/mol. The third kappa shape index (κ3) is 5.86. The molecule has 0 aromatic heterocycles. The van der Waals surface area contributed by atoms with Gasteiger partial charge in [-0.1, -0.05) is 26.2 Å². The maximum atomic E-state index is 5.08. The number of hydrogen-bond donors (Lipinski definition) is 1. The Bertz CT molecular complexity index is 172. The molecule has 0 aliphatic heterocycles. The molecule has 0 amide bonds. The van der Waals surface area contributed by atoms with Crippen LogP contribution in [-0.4, -0.2) is 26.3 Å². The molecule has 1 aliphatic rings. The van der Waals surface area contributed by atoms with Gasteiger partial charge in [-0.15, -0.1) is 0 Å². The minimum absolute atomic E-state index is 0.598. The van der Waals surface area contributed by atoms with E-state index in [2.05, 4.69) is 19.2 Å². The van der Waals surface area contributed by atoms with Crippen molar-refractivity contribution in [1.29, 1.82) is 0 Å². The molecule has 3 atom stereocenters. The summed E-state index contributed by atoms with van der Waals surface area (Å²) in [6.45, 7) is 6.71. The van der Waals surface area contributed by atoms with Gasteiger partial charge in [0, 0.05) is 19.8 Å². The van der Waals surface area contributed by atoms with Gasteiger partial charge in [0.15, 0.2) is 0 Å². The predicted octanol–water partition coefficient (Wildman–Crippen LogP) is 3.22. The fourth-order valence-electron chi connectivity index (χ4n) is 2.75. The lowest BCUT2D eigenvalue weighted by Gasteiger charge is -2.27. The maximum Gasteiger partial charge on any atom is 0.0476 e. The van der Waals surface area contributed by atoms with E-state index in [0.717, 1.165) is 24.9 Å². The van der Waals surface area contributed by atoms with Crippen LogP contribution in [-0.2, 0) is 4.74 Å². The molecule has 96 valence electrons. The van der Waals surface area contributed by atoms with Crippen LogP contribution in [0.3, 0.4) is 0 Å². The highest BCUT2D eigenvalue weighted by Crippen LogP contribution is 2.30. The van der Waals surface area contributed by atoms with Crippen molar-refractivity contribution in [2.45, 2.75) is 58.4 Å². The first-order valence-corrected chi connectivity index (χ1v) is 6.94. The lowest BCUT2D eigenvalue weighted by molar-refractivity contribution is 0.184. The summed E-state index contributed by atoms with van der Waals surface area (Å²) in [6.07, 6.45) is 8.30. The summed E-state index contributed by atoms with van der Waals surface area (Å²) in [4.78, 5) is 0. The van der Waals surface area contributed by atoms with Crippen molar-refractivity contribution in [3.63, 3.8) is 0 Å². The minimum Gasteiger partial charge on any atom is -0.385 e. The summed E-state index contributed by atoms with van der Waals surface area (Å²) in [5.41, 5.74) is 0. The van der Waals surface area contributed by atoms with Crippen molar-refractivity contribution in [2.75, 3.05) is 20.3 Å². The second kappa shape index (κ2) is 8.08. The van der Waals surface area contributed by atoms with E-state index in [4.69, 9.17) is 4.74 Å². The topological polar surface area (TPSA) is 21.3 Å². The number of ether oxygens (including phenoxy) is 1. The molecule has 16 heavy (non-hydrogen) atoms.